The van der Waals surface area contributed by atoms with Gasteiger partial charge in [0.2, 0.25) is 5.91 Å². The first kappa shape index (κ1) is 23.9. The van der Waals surface area contributed by atoms with Crippen LogP contribution in [0.3, 0.4) is 0 Å². The van der Waals surface area contributed by atoms with Crippen LogP contribution < -0.4 is 5.32 Å². The number of hydrogen-bond acceptors (Lipinski definition) is 5. The van der Waals surface area contributed by atoms with Crippen molar-refractivity contribution in [1.82, 2.24) is 4.90 Å². The van der Waals surface area contributed by atoms with Gasteiger partial charge in [-0.05, 0) is 53.1 Å². The lowest BCUT2D eigenvalue weighted by Gasteiger charge is -2.35. The van der Waals surface area contributed by atoms with Gasteiger partial charge in [0.05, 0.1) is 17.9 Å². The van der Waals surface area contributed by atoms with Crippen molar-refractivity contribution in [2.75, 3.05) is 5.32 Å². The van der Waals surface area contributed by atoms with E-state index in [0.717, 1.165) is 22.4 Å². The van der Waals surface area contributed by atoms with E-state index >= 15 is 0 Å². The van der Waals surface area contributed by atoms with Crippen molar-refractivity contribution in [3.63, 3.8) is 0 Å². The first-order chi connectivity index (χ1) is 18.2. The highest BCUT2D eigenvalue weighted by Crippen LogP contribution is 2.26. The second kappa shape index (κ2) is 11.3. The van der Waals surface area contributed by atoms with Crippen LogP contribution in [0.15, 0.2) is 119 Å². The Balaban J connectivity index is 1.28. The number of anilines is 1. The molecular formula is C30H26N4O3. The number of carbonyl (C=O) groups is 2. The predicted molar refractivity (Wildman–Crippen MR) is 142 cm³/mol. The third kappa shape index (κ3) is 6.08. The number of ether oxygens (including phenoxy) is 1. The predicted octanol–water partition coefficient (Wildman–Crippen LogP) is 6.80. The first-order valence-corrected chi connectivity index (χ1v) is 12.1. The molecule has 0 fully saturated rings. The first-order valence-electron chi connectivity index (χ1n) is 12.1. The van der Waals surface area contributed by atoms with E-state index in [4.69, 9.17) is 4.74 Å². The standard InChI is InChI=1S/C30H26N4O3/c35-29(31-25-15-17-27(18-16-25)33-32-26-13-5-2-6-14-26)28-19-23-11-7-8-12-24(23)20-34(28)30(36)37-21-22-9-3-1-4-10-22/h1-18,28H,19-21H2,(H,31,35)/t28-/m1/s1. The topological polar surface area (TPSA) is 83.4 Å². The van der Waals surface area contributed by atoms with Crippen LogP contribution in [0.1, 0.15) is 16.7 Å². The maximum atomic E-state index is 13.4. The summed E-state index contributed by atoms with van der Waals surface area (Å²) in [6.45, 7) is 0.450. The van der Waals surface area contributed by atoms with Crippen LogP contribution in [0.25, 0.3) is 0 Å². The molecular weight excluding hydrogens is 464 g/mol. The molecule has 1 heterocycles. The number of carbonyl (C=O) groups excluding carboxylic acids is 2. The molecule has 7 heteroatoms. The SMILES string of the molecule is O=C(Nc1ccc(N=Nc2ccccc2)cc1)[C@H]1Cc2ccccc2CN1C(=O)OCc1ccccc1. The zero-order chi connectivity index (χ0) is 25.5. The van der Waals surface area contributed by atoms with Crippen molar-refractivity contribution in [1.29, 1.82) is 0 Å². The summed E-state index contributed by atoms with van der Waals surface area (Å²) in [7, 11) is 0. The average molecular weight is 491 g/mol. The van der Waals surface area contributed by atoms with E-state index in [1.807, 2.05) is 84.9 Å². The maximum absolute atomic E-state index is 13.4. The zero-order valence-corrected chi connectivity index (χ0v) is 20.2. The van der Waals surface area contributed by atoms with Gasteiger partial charge < -0.3 is 10.1 Å². The molecule has 1 aliphatic rings. The third-order valence-corrected chi connectivity index (χ3v) is 6.16. The molecule has 0 aliphatic carbocycles. The molecule has 2 amide bonds. The number of nitrogens with one attached hydrogen (secondary N) is 1. The van der Waals surface area contributed by atoms with Gasteiger partial charge in [-0.3, -0.25) is 9.69 Å². The molecule has 4 aromatic carbocycles. The zero-order valence-electron chi connectivity index (χ0n) is 20.2. The molecule has 7 nitrogen and oxygen atoms in total. The molecule has 4 aromatic rings. The van der Waals surface area contributed by atoms with Crippen LogP contribution in [-0.2, 0) is 29.1 Å². The molecule has 184 valence electrons. The molecule has 0 spiro atoms. The van der Waals surface area contributed by atoms with Crippen LogP contribution in [0, 0.1) is 0 Å². The quantitative estimate of drug-likeness (QED) is 0.302. The summed E-state index contributed by atoms with van der Waals surface area (Å²) in [5, 5.41) is 11.4. The molecule has 0 saturated heterocycles. The molecule has 1 N–H and O–H groups in total. The minimum Gasteiger partial charge on any atom is -0.445 e. The van der Waals surface area contributed by atoms with E-state index in [1.54, 1.807) is 24.3 Å². The van der Waals surface area contributed by atoms with Crippen LogP contribution in [0.4, 0.5) is 21.9 Å². The van der Waals surface area contributed by atoms with E-state index in [2.05, 4.69) is 15.5 Å². The highest BCUT2D eigenvalue weighted by Gasteiger charge is 2.35. The lowest BCUT2D eigenvalue weighted by molar-refractivity contribution is -0.121. The summed E-state index contributed by atoms with van der Waals surface area (Å²) >= 11 is 0. The molecule has 1 aliphatic heterocycles. The van der Waals surface area contributed by atoms with E-state index in [9.17, 15) is 9.59 Å². The Hall–Kier alpha value is -4.78. The Morgan fingerprint density at radius 3 is 2.05 bits per heavy atom. The van der Waals surface area contributed by atoms with Crippen molar-refractivity contribution in [3.05, 3.63) is 126 Å². The minimum atomic E-state index is -0.699. The summed E-state index contributed by atoms with van der Waals surface area (Å²) in [5.74, 6) is -0.273. The van der Waals surface area contributed by atoms with Gasteiger partial charge in [-0.2, -0.15) is 10.2 Å². The fourth-order valence-corrected chi connectivity index (χ4v) is 4.20. The molecule has 5 rings (SSSR count). The Morgan fingerprint density at radius 2 is 1.35 bits per heavy atom. The van der Waals surface area contributed by atoms with Crippen molar-refractivity contribution < 1.29 is 14.3 Å². The molecule has 1 atom stereocenters. The number of rotatable bonds is 6. The summed E-state index contributed by atoms with van der Waals surface area (Å²) in [6.07, 6.45) is -0.110. The lowest BCUT2D eigenvalue weighted by atomic mass is 9.94. The fourth-order valence-electron chi connectivity index (χ4n) is 4.20. The normalized spacial score (nSPS) is 14.7. The van der Waals surface area contributed by atoms with E-state index in [-0.39, 0.29) is 12.5 Å². The molecule has 0 unspecified atom stereocenters. The number of nitrogens with zero attached hydrogens (tertiary/aromatic N) is 3. The highest BCUT2D eigenvalue weighted by molar-refractivity contribution is 5.97. The van der Waals surface area contributed by atoms with Crippen molar-refractivity contribution in [2.45, 2.75) is 25.6 Å². The monoisotopic (exact) mass is 490 g/mol. The second-order valence-corrected chi connectivity index (χ2v) is 8.73. The van der Waals surface area contributed by atoms with Crippen LogP contribution in [0.2, 0.25) is 0 Å². The van der Waals surface area contributed by atoms with Crippen LogP contribution >= 0.6 is 0 Å². The Bertz CT molecular complexity index is 1390. The summed E-state index contributed by atoms with van der Waals surface area (Å²) in [4.78, 5) is 27.9. The molecule has 37 heavy (non-hydrogen) atoms. The Kier molecular flexibility index (Phi) is 7.31. The van der Waals surface area contributed by atoms with Gasteiger partial charge in [0.15, 0.2) is 0 Å². The van der Waals surface area contributed by atoms with E-state index < -0.39 is 12.1 Å². The average Bonchev–Trinajstić information content (AvgIpc) is 2.96. The number of fused-ring (bicyclic) bond motifs is 1. The summed E-state index contributed by atoms with van der Waals surface area (Å²) in [6, 6.07) is 33.2. The van der Waals surface area contributed by atoms with Gasteiger partial charge in [0.25, 0.3) is 0 Å². The number of benzene rings is 4. The number of azo groups is 1. The largest absolute Gasteiger partial charge is 0.445 e. The van der Waals surface area contributed by atoms with Crippen molar-refractivity contribution in [3.8, 4) is 0 Å². The Morgan fingerprint density at radius 1 is 0.757 bits per heavy atom. The van der Waals surface area contributed by atoms with Crippen LogP contribution in [0.5, 0.6) is 0 Å². The Labute approximate surface area is 215 Å². The summed E-state index contributed by atoms with van der Waals surface area (Å²) < 4.78 is 5.58. The van der Waals surface area contributed by atoms with Crippen molar-refractivity contribution >= 4 is 29.1 Å². The summed E-state index contributed by atoms with van der Waals surface area (Å²) in [5.41, 5.74) is 4.98. The highest BCUT2D eigenvalue weighted by atomic mass is 16.6. The minimum absolute atomic E-state index is 0.144. The van der Waals surface area contributed by atoms with Gasteiger partial charge >= 0.3 is 6.09 Å². The van der Waals surface area contributed by atoms with Gasteiger partial charge in [-0.15, -0.1) is 0 Å². The van der Waals surface area contributed by atoms with E-state index in [1.165, 1.54) is 4.90 Å². The van der Waals surface area contributed by atoms with Crippen LogP contribution in [-0.4, -0.2) is 22.9 Å². The number of hydrogen-bond donors (Lipinski definition) is 1. The van der Waals surface area contributed by atoms with Crippen molar-refractivity contribution in [2.24, 2.45) is 10.2 Å². The molecule has 0 radical (unpaired) electrons. The smallest absolute Gasteiger partial charge is 0.411 e. The number of amides is 2. The van der Waals surface area contributed by atoms with E-state index in [0.29, 0.717) is 24.3 Å². The van der Waals surface area contributed by atoms with Gasteiger partial charge in [-0.1, -0.05) is 72.8 Å². The molecule has 0 aromatic heterocycles. The molecule has 0 saturated carbocycles. The van der Waals surface area contributed by atoms with Gasteiger partial charge in [0, 0.05) is 12.1 Å². The molecule has 0 bridgehead atoms. The lowest BCUT2D eigenvalue weighted by Crippen LogP contribution is -2.50. The fraction of sp³-hybridized carbons (Fsp3) is 0.133. The second-order valence-electron chi connectivity index (χ2n) is 8.73. The van der Waals surface area contributed by atoms with Gasteiger partial charge in [0.1, 0.15) is 12.6 Å². The maximum Gasteiger partial charge on any atom is 0.411 e. The third-order valence-electron chi connectivity index (χ3n) is 6.16. The van der Waals surface area contributed by atoms with Gasteiger partial charge in [-0.25, -0.2) is 4.79 Å².